The molecule has 1 aromatic heterocycles. The molecule has 0 spiro atoms. The van der Waals surface area contributed by atoms with Crippen LogP contribution in [0.2, 0.25) is 0 Å². The summed E-state index contributed by atoms with van der Waals surface area (Å²) in [6, 6.07) is 0.553. The first kappa shape index (κ1) is 15.0. The number of hydrogen-bond donors (Lipinski definition) is 1. The molecule has 0 amide bonds. The molecule has 1 fully saturated rings. The van der Waals surface area contributed by atoms with Crippen molar-refractivity contribution in [2.45, 2.75) is 59.0 Å². The summed E-state index contributed by atoms with van der Waals surface area (Å²) in [4.78, 5) is 4.98. The van der Waals surface area contributed by atoms with Crippen molar-refractivity contribution in [2.75, 3.05) is 19.8 Å². The summed E-state index contributed by atoms with van der Waals surface area (Å²) < 4.78 is 8.13. The SMILES string of the molecule is CC(C)Cc1nc2c(n1C(C)C1CCOCC1)CCNC2. The average molecular weight is 291 g/mol. The molecule has 1 unspecified atom stereocenters. The van der Waals surface area contributed by atoms with Gasteiger partial charge < -0.3 is 14.6 Å². The van der Waals surface area contributed by atoms with Gasteiger partial charge in [-0.3, -0.25) is 0 Å². The Morgan fingerprint density at radius 3 is 2.76 bits per heavy atom. The summed E-state index contributed by atoms with van der Waals surface area (Å²) in [7, 11) is 0. The van der Waals surface area contributed by atoms with Crippen LogP contribution < -0.4 is 5.32 Å². The van der Waals surface area contributed by atoms with E-state index >= 15 is 0 Å². The highest BCUT2D eigenvalue weighted by atomic mass is 16.5. The van der Waals surface area contributed by atoms with Gasteiger partial charge in [0.15, 0.2) is 0 Å². The first-order chi connectivity index (χ1) is 10.2. The molecule has 2 aliphatic heterocycles. The molecule has 0 aromatic carbocycles. The quantitative estimate of drug-likeness (QED) is 0.927. The fourth-order valence-electron chi connectivity index (χ4n) is 3.79. The Kier molecular flexibility index (Phi) is 4.65. The van der Waals surface area contributed by atoms with Crippen LogP contribution in [0.1, 0.15) is 56.9 Å². The van der Waals surface area contributed by atoms with Gasteiger partial charge in [0, 0.05) is 50.9 Å². The van der Waals surface area contributed by atoms with Gasteiger partial charge in [-0.2, -0.15) is 0 Å². The Labute approximate surface area is 128 Å². The molecular weight excluding hydrogens is 262 g/mol. The number of nitrogens with one attached hydrogen (secondary N) is 1. The zero-order valence-corrected chi connectivity index (χ0v) is 13.7. The second kappa shape index (κ2) is 6.49. The molecule has 0 radical (unpaired) electrons. The van der Waals surface area contributed by atoms with E-state index in [1.54, 1.807) is 0 Å². The summed E-state index contributed by atoms with van der Waals surface area (Å²) in [5, 5.41) is 3.46. The van der Waals surface area contributed by atoms with E-state index < -0.39 is 0 Å². The van der Waals surface area contributed by atoms with E-state index in [4.69, 9.17) is 9.72 Å². The number of nitrogens with zero attached hydrogens (tertiary/aromatic N) is 2. The number of imidazole rings is 1. The van der Waals surface area contributed by atoms with E-state index in [0.717, 1.165) is 45.1 Å². The Morgan fingerprint density at radius 2 is 2.05 bits per heavy atom. The minimum atomic E-state index is 0.553. The fourth-order valence-corrected chi connectivity index (χ4v) is 3.79. The van der Waals surface area contributed by atoms with E-state index in [2.05, 4.69) is 30.7 Å². The average Bonchev–Trinajstić information content (AvgIpc) is 2.84. The number of rotatable bonds is 4. The number of aromatic nitrogens is 2. The zero-order valence-electron chi connectivity index (χ0n) is 13.7. The predicted molar refractivity (Wildman–Crippen MR) is 84.4 cm³/mol. The molecule has 3 heterocycles. The lowest BCUT2D eigenvalue weighted by Crippen LogP contribution is -2.29. The second-order valence-corrected chi connectivity index (χ2v) is 7.01. The molecule has 21 heavy (non-hydrogen) atoms. The van der Waals surface area contributed by atoms with Crippen molar-refractivity contribution in [3.8, 4) is 0 Å². The number of fused-ring (bicyclic) bond motifs is 1. The van der Waals surface area contributed by atoms with Crippen molar-refractivity contribution in [3.63, 3.8) is 0 Å². The first-order valence-corrected chi connectivity index (χ1v) is 8.54. The van der Waals surface area contributed by atoms with Crippen LogP contribution in [0.5, 0.6) is 0 Å². The van der Waals surface area contributed by atoms with Crippen molar-refractivity contribution >= 4 is 0 Å². The maximum atomic E-state index is 5.54. The molecule has 1 saturated heterocycles. The molecule has 0 bridgehead atoms. The van der Waals surface area contributed by atoms with Crippen molar-refractivity contribution in [2.24, 2.45) is 11.8 Å². The molecule has 2 aliphatic rings. The van der Waals surface area contributed by atoms with Gasteiger partial charge in [0.2, 0.25) is 0 Å². The van der Waals surface area contributed by atoms with E-state index in [9.17, 15) is 0 Å². The maximum absolute atomic E-state index is 5.54. The van der Waals surface area contributed by atoms with Crippen LogP contribution >= 0.6 is 0 Å². The van der Waals surface area contributed by atoms with Crippen LogP contribution in [0.25, 0.3) is 0 Å². The Bertz CT molecular complexity index is 475. The molecule has 4 nitrogen and oxygen atoms in total. The van der Waals surface area contributed by atoms with Crippen LogP contribution in [0, 0.1) is 11.8 Å². The molecule has 1 N–H and O–H groups in total. The third-order valence-electron chi connectivity index (χ3n) is 4.94. The lowest BCUT2D eigenvalue weighted by molar-refractivity contribution is 0.0504. The zero-order chi connectivity index (χ0) is 14.8. The van der Waals surface area contributed by atoms with E-state index in [1.807, 2.05) is 0 Å². The van der Waals surface area contributed by atoms with E-state index in [-0.39, 0.29) is 0 Å². The Balaban J connectivity index is 1.91. The largest absolute Gasteiger partial charge is 0.381 e. The summed E-state index contributed by atoms with van der Waals surface area (Å²) in [6.07, 6.45) is 4.58. The van der Waals surface area contributed by atoms with Crippen LogP contribution in [-0.2, 0) is 24.1 Å². The van der Waals surface area contributed by atoms with Crippen molar-refractivity contribution in [1.82, 2.24) is 14.9 Å². The van der Waals surface area contributed by atoms with Crippen LogP contribution in [0.3, 0.4) is 0 Å². The van der Waals surface area contributed by atoms with Gasteiger partial charge in [0.1, 0.15) is 5.82 Å². The highest BCUT2D eigenvalue weighted by molar-refractivity contribution is 5.22. The van der Waals surface area contributed by atoms with Crippen molar-refractivity contribution < 1.29 is 4.74 Å². The van der Waals surface area contributed by atoms with Gasteiger partial charge in [-0.25, -0.2) is 4.98 Å². The minimum absolute atomic E-state index is 0.553. The van der Waals surface area contributed by atoms with Crippen LogP contribution in [0.4, 0.5) is 0 Å². The molecule has 1 aromatic rings. The Morgan fingerprint density at radius 1 is 1.29 bits per heavy atom. The molecule has 4 heteroatoms. The van der Waals surface area contributed by atoms with E-state index in [1.165, 1.54) is 30.1 Å². The topological polar surface area (TPSA) is 39.1 Å². The van der Waals surface area contributed by atoms with Crippen LogP contribution in [0.15, 0.2) is 0 Å². The highest BCUT2D eigenvalue weighted by Gasteiger charge is 2.28. The lowest BCUT2D eigenvalue weighted by atomic mass is 9.92. The van der Waals surface area contributed by atoms with Gasteiger partial charge in [-0.1, -0.05) is 13.8 Å². The van der Waals surface area contributed by atoms with Gasteiger partial charge in [-0.15, -0.1) is 0 Å². The lowest BCUT2D eigenvalue weighted by Gasteiger charge is -2.31. The standard InChI is InChI=1S/C17H29N3O/c1-12(2)10-17-19-15-11-18-7-4-16(15)20(17)13(3)14-5-8-21-9-6-14/h12-14,18H,4-11H2,1-3H3. The molecular formula is C17H29N3O. The van der Waals surface area contributed by atoms with Crippen molar-refractivity contribution in [1.29, 1.82) is 0 Å². The second-order valence-electron chi connectivity index (χ2n) is 7.01. The normalized spacial score (nSPS) is 21.5. The smallest absolute Gasteiger partial charge is 0.109 e. The number of hydrogen-bond acceptors (Lipinski definition) is 3. The van der Waals surface area contributed by atoms with Crippen LogP contribution in [-0.4, -0.2) is 29.3 Å². The third-order valence-corrected chi connectivity index (χ3v) is 4.94. The number of ether oxygens (including phenoxy) is 1. The molecule has 118 valence electrons. The molecule has 0 saturated carbocycles. The first-order valence-electron chi connectivity index (χ1n) is 8.54. The summed E-state index contributed by atoms with van der Waals surface area (Å²) >= 11 is 0. The predicted octanol–water partition coefficient (Wildman–Crippen LogP) is 2.71. The monoisotopic (exact) mass is 291 g/mol. The van der Waals surface area contributed by atoms with Crippen molar-refractivity contribution in [3.05, 3.63) is 17.2 Å². The molecule has 1 atom stereocenters. The van der Waals surface area contributed by atoms with Gasteiger partial charge in [-0.05, 0) is 31.6 Å². The van der Waals surface area contributed by atoms with Gasteiger partial charge >= 0.3 is 0 Å². The van der Waals surface area contributed by atoms with E-state index in [0.29, 0.717) is 12.0 Å². The fraction of sp³-hybridized carbons (Fsp3) is 0.824. The molecule has 3 rings (SSSR count). The third kappa shape index (κ3) is 3.16. The summed E-state index contributed by atoms with van der Waals surface area (Å²) in [5.41, 5.74) is 2.78. The van der Waals surface area contributed by atoms with Gasteiger partial charge in [0.25, 0.3) is 0 Å². The summed E-state index contributed by atoms with van der Waals surface area (Å²) in [5.74, 6) is 2.69. The Hall–Kier alpha value is -0.870. The minimum Gasteiger partial charge on any atom is -0.381 e. The molecule has 0 aliphatic carbocycles. The highest BCUT2D eigenvalue weighted by Crippen LogP contribution is 2.32. The maximum Gasteiger partial charge on any atom is 0.109 e. The summed E-state index contributed by atoms with van der Waals surface area (Å²) in [6.45, 7) is 10.8. The van der Waals surface area contributed by atoms with Gasteiger partial charge in [0.05, 0.1) is 5.69 Å².